The largest absolute Gasteiger partial charge is 0.0622 e. The van der Waals surface area contributed by atoms with Crippen LogP contribution in [0.4, 0.5) is 0 Å². The van der Waals surface area contributed by atoms with Crippen molar-refractivity contribution in [3.63, 3.8) is 0 Å². The lowest BCUT2D eigenvalue weighted by molar-refractivity contribution is 1.44. The Labute approximate surface area is 331 Å². The Morgan fingerprint density at radius 1 is 0.286 bits per heavy atom. The third kappa shape index (κ3) is 8.52. The number of hydrogen-bond acceptors (Lipinski definition) is 0. The van der Waals surface area contributed by atoms with Gasteiger partial charge < -0.3 is 0 Å². The van der Waals surface area contributed by atoms with Crippen LogP contribution in [0.15, 0.2) is 194 Å². The molecule has 0 saturated heterocycles. The van der Waals surface area contributed by atoms with Gasteiger partial charge in [-0.15, -0.1) is 0 Å². The van der Waals surface area contributed by atoms with Crippen LogP contribution < -0.4 is 0 Å². The lowest BCUT2D eigenvalue weighted by Gasteiger charge is -2.12. The van der Waals surface area contributed by atoms with Crippen molar-refractivity contribution in [1.82, 2.24) is 0 Å². The first kappa shape index (κ1) is 36.0. The number of aryl methyl sites for hydroxylation is 2. The van der Waals surface area contributed by atoms with Crippen LogP contribution in [0.25, 0.3) is 58.4 Å². The minimum Gasteiger partial charge on any atom is -0.0622 e. The highest BCUT2D eigenvalue weighted by molar-refractivity contribution is 5.96. The molecular formula is C56H44. The molecule has 0 radical (unpaired) electrons. The van der Waals surface area contributed by atoms with Gasteiger partial charge in [-0.05, 0) is 116 Å². The quantitative estimate of drug-likeness (QED) is 0.124. The van der Waals surface area contributed by atoms with Crippen LogP contribution >= 0.6 is 0 Å². The highest BCUT2D eigenvalue weighted by atomic mass is 14.1. The molecule has 0 fully saturated rings. The van der Waals surface area contributed by atoms with E-state index < -0.39 is 0 Å². The second-order valence-electron chi connectivity index (χ2n) is 14.3. The van der Waals surface area contributed by atoms with Crippen LogP contribution in [-0.2, 0) is 0 Å². The summed E-state index contributed by atoms with van der Waals surface area (Å²) in [6.07, 6.45) is 13.8. The molecule has 0 bridgehead atoms. The van der Waals surface area contributed by atoms with Gasteiger partial charge in [-0.3, -0.25) is 0 Å². The Morgan fingerprint density at radius 2 is 0.589 bits per heavy atom. The van der Waals surface area contributed by atoms with Crippen LogP contribution in [0.5, 0.6) is 0 Å². The van der Waals surface area contributed by atoms with Gasteiger partial charge in [-0.1, -0.05) is 217 Å². The molecule has 8 aromatic rings. The van der Waals surface area contributed by atoms with E-state index in [1.54, 1.807) is 0 Å². The summed E-state index contributed by atoms with van der Waals surface area (Å²) in [6.45, 7) is 4.33. The van der Waals surface area contributed by atoms with Gasteiger partial charge in [0, 0.05) is 0 Å². The van der Waals surface area contributed by atoms with E-state index in [0.29, 0.717) is 0 Å². The van der Waals surface area contributed by atoms with Crippen molar-refractivity contribution in [2.24, 2.45) is 0 Å². The van der Waals surface area contributed by atoms with Crippen LogP contribution in [0.1, 0.15) is 66.8 Å². The summed E-state index contributed by atoms with van der Waals surface area (Å²) in [5, 5.41) is 2.44. The van der Waals surface area contributed by atoms with Crippen molar-refractivity contribution < 1.29 is 0 Å². The summed E-state index contributed by atoms with van der Waals surface area (Å²) < 4.78 is 0. The van der Waals surface area contributed by atoms with Gasteiger partial charge >= 0.3 is 0 Å². The van der Waals surface area contributed by atoms with Gasteiger partial charge in [0.15, 0.2) is 0 Å². The molecule has 0 aliphatic rings. The first-order valence-electron chi connectivity index (χ1n) is 19.3. The zero-order valence-corrected chi connectivity index (χ0v) is 31.9. The van der Waals surface area contributed by atoms with Crippen LogP contribution in [0.3, 0.4) is 0 Å². The fourth-order valence-corrected chi connectivity index (χ4v) is 7.31. The molecule has 0 spiro atoms. The van der Waals surface area contributed by atoms with Gasteiger partial charge in [0.05, 0.1) is 0 Å². The smallest absolute Gasteiger partial charge is 0.0105 e. The highest BCUT2D eigenvalue weighted by Gasteiger charge is 2.10. The molecule has 0 aromatic heterocycles. The highest BCUT2D eigenvalue weighted by Crippen LogP contribution is 2.31. The molecule has 0 heteroatoms. The predicted octanol–water partition coefficient (Wildman–Crippen LogP) is 15.0. The maximum Gasteiger partial charge on any atom is -0.0105 e. The molecule has 56 heavy (non-hydrogen) atoms. The first-order valence-corrected chi connectivity index (χ1v) is 19.3. The zero-order valence-electron chi connectivity index (χ0n) is 31.9. The van der Waals surface area contributed by atoms with Gasteiger partial charge in [-0.2, -0.15) is 0 Å². The molecule has 0 N–H and O–H groups in total. The van der Waals surface area contributed by atoms with Gasteiger partial charge in [-0.25, -0.2) is 0 Å². The van der Waals surface area contributed by atoms with E-state index in [9.17, 15) is 0 Å². The van der Waals surface area contributed by atoms with E-state index in [-0.39, 0.29) is 0 Å². The van der Waals surface area contributed by atoms with Gasteiger partial charge in [0.2, 0.25) is 0 Å². The molecule has 8 aromatic carbocycles. The Balaban J connectivity index is 1.21. The first-order chi connectivity index (χ1) is 27.6. The van der Waals surface area contributed by atoms with E-state index in [1.165, 1.54) is 88.7 Å². The van der Waals surface area contributed by atoms with Crippen LogP contribution in [-0.4, -0.2) is 0 Å². The lowest BCUT2D eigenvalue weighted by Crippen LogP contribution is -1.91. The third-order valence-electron chi connectivity index (χ3n) is 10.3. The zero-order chi connectivity index (χ0) is 38.1. The summed E-state index contributed by atoms with van der Waals surface area (Å²) in [6, 6.07) is 69.4. The van der Waals surface area contributed by atoms with Crippen molar-refractivity contribution >= 4 is 58.4 Å². The number of hydrogen-bond donors (Lipinski definition) is 0. The maximum atomic E-state index is 2.34. The Bertz CT molecular complexity index is 2440. The van der Waals surface area contributed by atoms with Crippen molar-refractivity contribution in [2.45, 2.75) is 13.8 Å². The average Bonchev–Trinajstić information content (AvgIpc) is 3.25. The Kier molecular flexibility index (Phi) is 10.9. The van der Waals surface area contributed by atoms with Crippen molar-refractivity contribution in [1.29, 1.82) is 0 Å². The van der Waals surface area contributed by atoms with Gasteiger partial charge in [0.1, 0.15) is 0 Å². The number of fused-ring (bicyclic) bond motifs is 1. The summed E-state index contributed by atoms with van der Waals surface area (Å²) in [4.78, 5) is 0. The van der Waals surface area contributed by atoms with Crippen molar-refractivity contribution in [3.8, 4) is 0 Å². The molecule has 0 aliphatic heterocycles. The molecular weight excluding hydrogens is 673 g/mol. The Morgan fingerprint density at radius 3 is 0.929 bits per heavy atom. The predicted molar refractivity (Wildman–Crippen MR) is 244 cm³/mol. The topological polar surface area (TPSA) is 0 Å². The minimum atomic E-state index is 1.17. The average molecular weight is 717 g/mol. The summed E-state index contributed by atoms with van der Waals surface area (Å²) in [5.74, 6) is 0. The Hall–Kier alpha value is -7.02. The van der Waals surface area contributed by atoms with Crippen molar-refractivity contribution in [2.75, 3.05) is 0 Å². The lowest BCUT2D eigenvalue weighted by atomic mass is 9.92. The second-order valence-corrected chi connectivity index (χ2v) is 14.3. The fraction of sp³-hybridized carbons (Fsp3) is 0.0357. The maximum absolute atomic E-state index is 2.34. The molecule has 0 saturated carbocycles. The van der Waals surface area contributed by atoms with E-state index in [2.05, 4.69) is 244 Å². The SMILES string of the molecule is Cc1ccc(C=Cc2cc3ccccc3cc2C=Cc2ccc(C)cc2C=C(c2ccccc2)c2ccccc2)c(C=C(c2ccccc2)c2ccccc2)c1. The van der Waals surface area contributed by atoms with E-state index in [4.69, 9.17) is 0 Å². The summed E-state index contributed by atoms with van der Waals surface area (Å²) in [5.41, 5.74) is 16.7. The second kappa shape index (κ2) is 17.0. The molecule has 0 heterocycles. The molecule has 0 nitrogen and oxygen atoms in total. The molecule has 0 amide bonds. The standard InChI is InChI=1S/C56H44/c1-41-27-29-43(53(35-41)39-55(45-17-7-3-8-18-45)46-19-9-4-10-20-46)31-33-51-37-49-25-15-16-26-50(49)38-52(51)34-32-44-30-28-42(2)36-54(44)40-56(47-21-11-5-12-22-47)48-23-13-6-14-24-48/h3-40H,1-2H3. The molecule has 0 unspecified atom stereocenters. The van der Waals surface area contributed by atoms with Crippen molar-refractivity contribution in [3.05, 3.63) is 261 Å². The monoisotopic (exact) mass is 716 g/mol. The normalized spacial score (nSPS) is 11.2. The third-order valence-corrected chi connectivity index (χ3v) is 10.3. The van der Waals surface area contributed by atoms with E-state index in [1.807, 2.05) is 0 Å². The molecule has 268 valence electrons. The van der Waals surface area contributed by atoms with Gasteiger partial charge in [0.25, 0.3) is 0 Å². The fourth-order valence-electron chi connectivity index (χ4n) is 7.31. The molecule has 8 rings (SSSR count). The van der Waals surface area contributed by atoms with Crippen LogP contribution in [0.2, 0.25) is 0 Å². The van der Waals surface area contributed by atoms with Crippen LogP contribution in [0, 0.1) is 13.8 Å². The minimum absolute atomic E-state index is 1.17. The summed E-state index contributed by atoms with van der Waals surface area (Å²) in [7, 11) is 0. The van der Waals surface area contributed by atoms with E-state index >= 15 is 0 Å². The summed E-state index contributed by atoms with van der Waals surface area (Å²) >= 11 is 0. The molecule has 0 atom stereocenters. The van der Waals surface area contributed by atoms with E-state index in [0.717, 1.165) is 0 Å². The molecule has 0 aliphatic carbocycles. The number of rotatable bonds is 10. The number of benzene rings is 8.